The summed E-state index contributed by atoms with van der Waals surface area (Å²) >= 11 is 0. The Morgan fingerprint density at radius 1 is 1.08 bits per heavy atom. The van der Waals surface area contributed by atoms with Gasteiger partial charge in [-0.3, -0.25) is 0 Å². The van der Waals surface area contributed by atoms with Crippen molar-refractivity contribution in [1.82, 2.24) is 0 Å². The Bertz CT molecular complexity index is 757. The van der Waals surface area contributed by atoms with Crippen LogP contribution in [0.1, 0.15) is 15.9 Å². The number of hydrogen-bond donors (Lipinski definition) is 2. The van der Waals surface area contributed by atoms with E-state index in [-0.39, 0.29) is 5.96 Å². The number of guanidine groups is 1. The number of nitrogens with two attached hydrogens (primary N) is 1. The van der Waals surface area contributed by atoms with E-state index in [0.717, 1.165) is 17.0 Å². The van der Waals surface area contributed by atoms with Gasteiger partial charge in [0.05, 0.1) is 27.9 Å². The van der Waals surface area contributed by atoms with Gasteiger partial charge in [0.15, 0.2) is 5.96 Å². The van der Waals surface area contributed by atoms with Gasteiger partial charge in [-0.1, -0.05) is 6.07 Å². The number of nitrogens with one attached hydrogen (secondary N) is 1. The molecule has 0 spiro atoms. The number of nitrogens with zero attached hydrogens (tertiary/aromatic N) is 1. The lowest BCUT2D eigenvalue weighted by Crippen LogP contribution is -2.22. The summed E-state index contributed by atoms with van der Waals surface area (Å²) in [5.74, 6) is 1.01. The van der Waals surface area contributed by atoms with Crippen LogP contribution in [0.4, 0.5) is 5.69 Å². The molecule has 0 aliphatic rings. The molecule has 2 aromatic rings. The predicted octanol–water partition coefficient (Wildman–Crippen LogP) is 2.42. The van der Waals surface area contributed by atoms with Crippen LogP contribution >= 0.6 is 0 Å². The van der Waals surface area contributed by atoms with Crippen LogP contribution in [0.2, 0.25) is 0 Å². The number of anilines is 1. The van der Waals surface area contributed by atoms with Gasteiger partial charge in [-0.15, -0.1) is 0 Å². The average Bonchev–Trinajstić information content (AvgIpc) is 2.66. The highest BCUT2D eigenvalue weighted by atomic mass is 16.5. The minimum atomic E-state index is -0.466. The van der Waals surface area contributed by atoms with Gasteiger partial charge in [-0.25, -0.2) is 9.79 Å². The third kappa shape index (κ3) is 4.87. The fourth-order valence-electron chi connectivity index (χ4n) is 2.16. The molecule has 0 aromatic heterocycles. The Morgan fingerprint density at radius 2 is 1.80 bits per heavy atom. The number of hydrogen-bond acceptors (Lipinski definition) is 5. The molecule has 0 unspecified atom stereocenters. The fourth-order valence-corrected chi connectivity index (χ4v) is 2.16. The quantitative estimate of drug-likeness (QED) is 0.475. The summed E-state index contributed by atoms with van der Waals surface area (Å²) in [5.41, 5.74) is 7.85. The second-order valence-corrected chi connectivity index (χ2v) is 5.08. The van der Waals surface area contributed by atoms with Crippen molar-refractivity contribution in [2.45, 2.75) is 6.54 Å². The molecule has 7 nitrogen and oxygen atoms in total. The smallest absolute Gasteiger partial charge is 0.341 e. The Balaban J connectivity index is 2.07. The molecule has 3 N–H and O–H groups in total. The third-order valence-corrected chi connectivity index (χ3v) is 3.46. The van der Waals surface area contributed by atoms with E-state index in [1.165, 1.54) is 14.2 Å². The molecule has 25 heavy (non-hydrogen) atoms. The summed E-state index contributed by atoms with van der Waals surface area (Å²) in [5, 5.41) is 2.99. The van der Waals surface area contributed by atoms with Crippen LogP contribution in [0.15, 0.2) is 47.5 Å². The van der Waals surface area contributed by atoms with Crippen molar-refractivity contribution in [3.05, 3.63) is 53.6 Å². The van der Waals surface area contributed by atoms with Gasteiger partial charge in [0.1, 0.15) is 17.1 Å². The lowest BCUT2D eigenvalue weighted by Gasteiger charge is -2.09. The lowest BCUT2D eigenvalue weighted by molar-refractivity contribution is 0.0597. The first kappa shape index (κ1) is 18.1. The number of methoxy groups -OCH3 is 3. The lowest BCUT2D eigenvalue weighted by atomic mass is 10.1. The number of ether oxygens (including phenoxy) is 3. The molecule has 0 heterocycles. The first-order chi connectivity index (χ1) is 12.1. The van der Waals surface area contributed by atoms with Crippen LogP contribution in [0.3, 0.4) is 0 Å². The highest BCUT2D eigenvalue weighted by molar-refractivity contribution is 5.93. The van der Waals surface area contributed by atoms with Crippen molar-refractivity contribution in [3.63, 3.8) is 0 Å². The van der Waals surface area contributed by atoms with E-state index in [4.69, 9.17) is 19.9 Å². The zero-order valence-electron chi connectivity index (χ0n) is 14.4. The molecule has 0 radical (unpaired) electrons. The van der Waals surface area contributed by atoms with Gasteiger partial charge in [0, 0.05) is 5.69 Å². The molecule has 2 rings (SSSR count). The number of rotatable bonds is 6. The number of carbonyl (C=O) groups excluding carboxylic acids is 1. The highest BCUT2D eigenvalue weighted by Gasteiger charge is 2.13. The maximum atomic E-state index is 11.8. The fraction of sp³-hybridized carbons (Fsp3) is 0.222. The zero-order valence-corrected chi connectivity index (χ0v) is 14.4. The van der Waals surface area contributed by atoms with Gasteiger partial charge < -0.3 is 25.3 Å². The van der Waals surface area contributed by atoms with E-state index in [2.05, 4.69) is 10.3 Å². The molecular weight excluding hydrogens is 322 g/mol. The van der Waals surface area contributed by atoms with Gasteiger partial charge in [-0.2, -0.15) is 0 Å². The summed E-state index contributed by atoms with van der Waals surface area (Å²) in [6.07, 6.45) is 0. The molecule has 0 atom stereocenters. The second-order valence-electron chi connectivity index (χ2n) is 5.08. The number of benzene rings is 2. The van der Waals surface area contributed by atoms with E-state index < -0.39 is 5.97 Å². The van der Waals surface area contributed by atoms with Crippen molar-refractivity contribution in [2.24, 2.45) is 10.7 Å². The Morgan fingerprint density at radius 3 is 2.40 bits per heavy atom. The zero-order chi connectivity index (χ0) is 18.2. The second kappa shape index (κ2) is 8.58. The summed E-state index contributed by atoms with van der Waals surface area (Å²) in [6, 6.07) is 12.5. The van der Waals surface area contributed by atoms with Gasteiger partial charge >= 0.3 is 5.97 Å². The van der Waals surface area contributed by atoms with Crippen LogP contribution < -0.4 is 20.5 Å². The van der Waals surface area contributed by atoms with Crippen LogP contribution in [0.5, 0.6) is 11.5 Å². The normalized spacial score (nSPS) is 10.9. The van der Waals surface area contributed by atoms with Crippen molar-refractivity contribution >= 4 is 17.6 Å². The molecule has 7 heteroatoms. The Labute approximate surface area is 146 Å². The maximum Gasteiger partial charge on any atom is 0.341 e. The average molecular weight is 343 g/mol. The largest absolute Gasteiger partial charge is 0.497 e. The molecule has 0 saturated heterocycles. The number of aliphatic imine (C=N–C) groups is 1. The number of carbonyl (C=O) groups is 1. The van der Waals surface area contributed by atoms with Crippen LogP contribution in [0.25, 0.3) is 0 Å². The van der Waals surface area contributed by atoms with Crippen molar-refractivity contribution in [1.29, 1.82) is 0 Å². The standard InChI is InChI=1S/C18H21N3O4/c1-23-14-7-5-13(6-8-14)21-18(19)20-11-12-4-9-16(24-2)15(10-12)17(22)25-3/h4-10H,11H2,1-3H3,(H3,19,20,21). The summed E-state index contributed by atoms with van der Waals surface area (Å²) in [7, 11) is 4.43. The first-order valence-corrected chi connectivity index (χ1v) is 7.53. The van der Waals surface area contributed by atoms with Crippen LogP contribution in [-0.2, 0) is 11.3 Å². The van der Waals surface area contributed by atoms with E-state index >= 15 is 0 Å². The van der Waals surface area contributed by atoms with Crippen molar-refractivity contribution in [2.75, 3.05) is 26.6 Å². The minimum absolute atomic E-state index is 0.264. The minimum Gasteiger partial charge on any atom is -0.497 e. The predicted molar refractivity (Wildman–Crippen MR) is 96.3 cm³/mol. The Kier molecular flexibility index (Phi) is 6.22. The van der Waals surface area contributed by atoms with Gasteiger partial charge in [-0.05, 0) is 42.0 Å². The summed E-state index contributed by atoms with van der Waals surface area (Å²) in [6.45, 7) is 0.309. The molecule has 132 valence electrons. The molecule has 0 aliphatic heterocycles. The van der Waals surface area contributed by atoms with E-state index in [1.54, 1.807) is 19.2 Å². The molecule has 0 aliphatic carbocycles. The van der Waals surface area contributed by atoms with E-state index in [0.29, 0.717) is 17.9 Å². The van der Waals surface area contributed by atoms with Gasteiger partial charge in [0.2, 0.25) is 0 Å². The van der Waals surface area contributed by atoms with Crippen molar-refractivity contribution in [3.8, 4) is 11.5 Å². The molecule has 2 aromatic carbocycles. The summed E-state index contributed by atoms with van der Waals surface area (Å²) < 4.78 is 15.0. The topological polar surface area (TPSA) is 95.2 Å². The third-order valence-electron chi connectivity index (χ3n) is 3.46. The van der Waals surface area contributed by atoms with Crippen LogP contribution in [0, 0.1) is 0 Å². The highest BCUT2D eigenvalue weighted by Crippen LogP contribution is 2.21. The molecule has 0 bridgehead atoms. The number of esters is 1. The molecule has 0 fully saturated rings. The Hall–Kier alpha value is -3.22. The summed E-state index contributed by atoms with van der Waals surface area (Å²) in [4.78, 5) is 16.1. The van der Waals surface area contributed by atoms with Crippen LogP contribution in [-0.4, -0.2) is 33.3 Å². The van der Waals surface area contributed by atoms with Crippen molar-refractivity contribution < 1.29 is 19.0 Å². The first-order valence-electron chi connectivity index (χ1n) is 7.53. The van der Waals surface area contributed by atoms with E-state index in [1.807, 2.05) is 30.3 Å². The maximum absolute atomic E-state index is 11.8. The molecule has 0 saturated carbocycles. The van der Waals surface area contributed by atoms with E-state index in [9.17, 15) is 4.79 Å². The molecular formula is C18H21N3O4. The molecule has 0 amide bonds. The SMILES string of the molecule is COC(=O)c1cc(CN=C(N)Nc2ccc(OC)cc2)ccc1OC. The van der Waals surface area contributed by atoms with Gasteiger partial charge in [0.25, 0.3) is 0 Å². The monoisotopic (exact) mass is 343 g/mol.